The maximum atomic E-state index is 12.0. The fourth-order valence-electron chi connectivity index (χ4n) is 1.59. The van der Waals surface area contributed by atoms with Gasteiger partial charge in [0.15, 0.2) is 0 Å². The lowest BCUT2D eigenvalue weighted by molar-refractivity contribution is 0.571. The fraction of sp³-hybridized carbons (Fsp3) is 0.538. The van der Waals surface area contributed by atoms with Gasteiger partial charge in [-0.1, -0.05) is 25.5 Å². The number of hydrogen-bond donors (Lipinski definition) is 2. The van der Waals surface area contributed by atoms with E-state index in [1.165, 1.54) is 5.56 Å². The quantitative estimate of drug-likeness (QED) is 0.757. The third-order valence-corrected chi connectivity index (χ3v) is 4.84. The van der Waals surface area contributed by atoms with E-state index < -0.39 is 10.0 Å². The predicted octanol–water partition coefficient (Wildman–Crippen LogP) is 2.63. The molecule has 0 fully saturated rings. The van der Waals surface area contributed by atoms with Crippen LogP contribution in [-0.2, 0) is 16.4 Å². The zero-order valence-electron chi connectivity index (χ0n) is 10.9. The molecule has 1 atom stereocenters. The first-order chi connectivity index (χ1) is 8.49. The van der Waals surface area contributed by atoms with E-state index in [1.54, 1.807) is 19.1 Å². The summed E-state index contributed by atoms with van der Waals surface area (Å²) in [6.45, 7) is 3.93. The molecular weight excluding hydrogens is 266 g/mol. The third kappa shape index (κ3) is 4.63. The van der Waals surface area contributed by atoms with Crippen LogP contribution in [0, 0.1) is 0 Å². The molecule has 1 N–H and O–H groups in total. The van der Waals surface area contributed by atoms with Crippen molar-refractivity contribution in [1.82, 2.24) is 4.72 Å². The number of hydrogen-bond acceptors (Lipinski definition) is 3. The van der Waals surface area contributed by atoms with E-state index in [0.717, 1.165) is 19.3 Å². The average molecular weight is 287 g/mol. The van der Waals surface area contributed by atoms with Crippen molar-refractivity contribution in [1.29, 1.82) is 0 Å². The molecule has 0 saturated carbocycles. The van der Waals surface area contributed by atoms with Crippen LogP contribution in [0.1, 0.15) is 32.3 Å². The Morgan fingerprint density at radius 1 is 1.28 bits per heavy atom. The summed E-state index contributed by atoms with van der Waals surface area (Å²) in [5.41, 5.74) is 1.18. The zero-order chi connectivity index (χ0) is 13.6. The summed E-state index contributed by atoms with van der Waals surface area (Å²) in [7, 11) is -3.41. The van der Waals surface area contributed by atoms with Gasteiger partial charge in [-0.15, -0.1) is 0 Å². The minimum absolute atomic E-state index is 0.168. The molecular formula is C13H21NO2S2. The number of aryl methyl sites for hydroxylation is 1. The van der Waals surface area contributed by atoms with Crippen molar-refractivity contribution in [3.8, 4) is 0 Å². The Morgan fingerprint density at radius 2 is 1.89 bits per heavy atom. The van der Waals surface area contributed by atoms with Crippen molar-refractivity contribution < 1.29 is 8.42 Å². The first-order valence-electron chi connectivity index (χ1n) is 6.21. The molecule has 0 heterocycles. The lowest BCUT2D eigenvalue weighted by Crippen LogP contribution is -2.33. The molecule has 0 aliphatic rings. The molecule has 0 saturated heterocycles. The van der Waals surface area contributed by atoms with E-state index in [2.05, 4.69) is 24.3 Å². The van der Waals surface area contributed by atoms with Gasteiger partial charge in [-0.25, -0.2) is 13.1 Å². The van der Waals surface area contributed by atoms with Crippen LogP contribution in [0.3, 0.4) is 0 Å². The van der Waals surface area contributed by atoms with E-state index in [4.69, 9.17) is 0 Å². The van der Waals surface area contributed by atoms with Gasteiger partial charge >= 0.3 is 0 Å². The number of unbranched alkanes of at least 4 members (excludes halogenated alkanes) is 1. The maximum Gasteiger partial charge on any atom is 0.240 e. The van der Waals surface area contributed by atoms with E-state index in [0.29, 0.717) is 10.6 Å². The van der Waals surface area contributed by atoms with Crippen LogP contribution in [0.15, 0.2) is 29.2 Å². The summed E-state index contributed by atoms with van der Waals surface area (Å²) in [6.07, 6.45) is 3.26. The van der Waals surface area contributed by atoms with Gasteiger partial charge in [0.05, 0.1) is 4.90 Å². The molecule has 5 heteroatoms. The van der Waals surface area contributed by atoms with E-state index in [9.17, 15) is 8.42 Å². The molecule has 1 aromatic carbocycles. The van der Waals surface area contributed by atoms with Crippen molar-refractivity contribution in [2.24, 2.45) is 0 Å². The molecule has 1 rings (SSSR count). The van der Waals surface area contributed by atoms with Gasteiger partial charge in [-0.05, 0) is 37.5 Å². The molecule has 3 nitrogen and oxygen atoms in total. The Morgan fingerprint density at radius 3 is 2.39 bits per heavy atom. The van der Waals surface area contributed by atoms with Gasteiger partial charge in [0.25, 0.3) is 0 Å². The standard InChI is InChI=1S/C13H21NO2S2/c1-3-4-5-12-6-8-13(9-7-12)18(15,16)14-11(2)10-17/h6-9,11,14,17H,3-5,10H2,1-2H3/t11-/m1/s1. The Balaban J connectivity index is 2.77. The lowest BCUT2D eigenvalue weighted by atomic mass is 10.1. The molecule has 0 spiro atoms. The van der Waals surface area contributed by atoms with Gasteiger partial charge in [0.2, 0.25) is 10.0 Å². The smallest absolute Gasteiger partial charge is 0.208 e. The van der Waals surface area contributed by atoms with Gasteiger partial charge in [0.1, 0.15) is 0 Å². The largest absolute Gasteiger partial charge is 0.240 e. The van der Waals surface area contributed by atoms with Crippen molar-refractivity contribution in [2.75, 3.05) is 5.75 Å². The second-order valence-electron chi connectivity index (χ2n) is 4.45. The van der Waals surface area contributed by atoms with Crippen LogP contribution >= 0.6 is 12.6 Å². The van der Waals surface area contributed by atoms with Crippen molar-refractivity contribution in [2.45, 2.75) is 44.0 Å². The number of sulfonamides is 1. The predicted molar refractivity (Wildman–Crippen MR) is 78.7 cm³/mol. The fourth-order valence-corrected chi connectivity index (χ4v) is 3.04. The monoisotopic (exact) mass is 287 g/mol. The van der Waals surface area contributed by atoms with Crippen molar-refractivity contribution in [3.05, 3.63) is 29.8 Å². The first kappa shape index (κ1) is 15.5. The Labute approximate surface area is 115 Å². The highest BCUT2D eigenvalue weighted by Crippen LogP contribution is 2.13. The second kappa shape index (κ2) is 7.16. The Hall–Kier alpha value is -0.520. The van der Waals surface area contributed by atoms with Gasteiger partial charge in [-0.3, -0.25) is 0 Å². The molecule has 0 radical (unpaired) electrons. The first-order valence-corrected chi connectivity index (χ1v) is 8.33. The van der Waals surface area contributed by atoms with Crippen LogP contribution < -0.4 is 4.72 Å². The Bertz CT molecular complexity index is 454. The number of nitrogens with one attached hydrogen (secondary N) is 1. The summed E-state index contributed by atoms with van der Waals surface area (Å²) in [4.78, 5) is 0.316. The average Bonchev–Trinajstić information content (AvgIpc) is 2.36. The molecule has 1 aromatic rings. The van der Waals surface area contributed by atoms with E-state index >= 15 is 0 Å². The maximum absolute atomic E-state index is 12.0. The van der Waals surface area contributed by atoms with Gasteiger partial charge in [-0.2, -0.15) is 12.6 Å². The third-order valence-electron chi connectivity index (χ3n) is 2.68. The number of rotatable bonds is 7. The van der Waals surface area contributed by atoms with Crippen LogP contribution in [0.2, 0.25) is 0 Å². The SMILES string of the molecule is CCCCc1ccc(S(=O)(=O)N[C@H](C)CS)cc1. The zero-order valence-corrected chi connectivity index (χ0v) is 12.6. The molecule has 0 unspecified atom stereocenters. The normalized spacial score (nSPS) is 13.5. The van der Waals surface area contributed by atoms with Crippen LogP contribution in [-0.4, -0.2) is 20.2 Å². The topological polar surface area (TPSA) is 46.2 Å². The van der Waals surface area contributed by atoms with Gasteiger partial charge < -0.3 is 0 Å². The summed E-state index contributed by atoms with van der Waals surface area (Å²) < 4.78 is 26.5. The minimum atomic E-state index is -3.41. The summed E-state index contributed by atoms with van der Waals surface area (Å²) in [5.74, 6) is 0.480. The number of thiol groups is 1. The highest BCUT2D eigenvalue weighted by atomic mass is 32.2. The highest BCUT2D eigenvalue weighted by molar-refractivity contribution is 7.89. The molecule has 0 aliphatic heterocycles. The number of benzene rings is 1. The molecule has 0 bridgehead atoms. The van der Waals surface area contributed by atoms with Crippen LogP contribution in [0.5, 0.6) is 0 Å². The van der Waals surface area contributed by atoms with Gasteiger partial charge in [0, 0.05) is 11.8 Å². The van der Waals surface area contributed by atoms with E-state index in [-0.39, 0.29) is 6.04 Å². The molecule has 0 aromatic heterocycles. The molecule has 0 amide bonds. The summed E-state index contributed by atoms with van der Waals surface area (Å²) in [5, 5.41) is 0. The Kier molecular flexibility index (Phi) is 6.18. The highest BCUT2D eigenvalue weighted by Gasteiger charge is 2.16. The van der Waals surface area contributed by atoms with Crippen molar-refractivity contribution in [3.63, 3.8) is 0 Å². The molecule has 18 heavy (non-hydrogen) atoms. The summed E-state index contributed by atoms with van der Waals surface area (Å²) >= 11 is 4.07. The minimum Gasteiger partial charge on any atom is -0.208 e. The molecule has 102 valence electrons. The van der Waals surface area contributed by atoms with Crippen molar-refractivity contribution >= 4 is 22.7 Å². The second-order valence-corrected chi connectivity index (χ2v) is 6.53. The molecule has 0 aliphatic carbocycles. The van der Waals surface area contributed by atoms with Crippen LogP contribution in [0.4, 0.5) is 0 Å². The summed E-state index contributed by atoms with van der Waals surface area (Å²) in [6, 6.07) is 6.93. The van der Waals surface area contributed by atoms with E-state index in [1.807, 2.05) is 12.1 Å². The van der Waals surface area contributed by atoms with Crippen LogP contribution in [0.25, 0.3) is 0 Å². The lowest BCUT2D eigenvalue weighted by Gasteiger charge is -2.12.